The van der Waals surface area contributed by atoms with Crippen LogP contribution in [-0.2, 0) is 9.59 Å². The third-order valence-electron chi connectivity index (χ3n) is 4.80. The molecule has 0 saturated heterocycles. The van der Waals surface area contributed by atoms with E-state index in [9.17, 15) is 14.7 Å². The number of aliphatic carboxylic acids is 1. The van der Waals surface area contributed by atoms with Crippen LogP contribution in [0.25, 0.3) is 0 Å². The minimum absolute atomic E-state index is 0.0213. The first-order valence-corrected chi connectivity index (χ1v) is 7.59. The maximum atomic E-state index is 12.2. The van der Waals surface area contributed by atoms with Crippen LogP contribution in [0.2, 0.25) is 0 Å². The average molecular weight is 267 g/mol. The Kier molecular flexibility index (Phi) is 4.48. The number of hydrogen-bond acceptors (Lipinski definition) is 2. The molecule has 2 N–H and O–H groups in total. The predicted octanol–water partition coefficient (Wildman–Crippen LogP) is 2.43. The molecule has 1 amide bonds. The summed E-state index contributed by atoms with van der Waals surface area (Å²) in [6, 6.07) is 0.308. The molecule has 2 fully saturated rings. The van der Waals surface area contributed by atoms with Gasteiger partial charge in [-0.15, -0.1) is 0 Å². The molecule has 0 aromatic heterocycles. The van der Waals surface area contributed by atoms with Crippen molar-refractivity contribution in [1.29, 1.82) is 0 Å². The van der Waals surface area contributed by atoms with Gasteiger partial charge in [0.2, 0.25) is 5.91 Å². The monoisotopic (exact) mass is 267 g/mol. The van der Waals surface area contributed by atoms with E-state index in [2.05, 4.69) is 19.2 Å². The van der Waals surface area contributed by atoms with Crippen molar-refractivity contribution in [2.24, 2.45) is 23.7 Å². The molecule has 2 saturated carbocycles. The van der Waals surface area contributed by atoms with Gasteiger partial charge in [-0.1, -0.05) is 26.7 Å². The highest BCUT2D eigenvalue weighted by molar-refractivity contribution is 5.85. The van der Waals surface area contributed by atoms with Gasteiger partial charge in [0.15, 0.2) is 0 Å². The topological polar surface area (TPSA) is 66.4 Å². The zero-order valence-electron chi connectivity index (χ0n) is 11.9. The van der Waals surface area contributed by atoms with Gasteiger partial charge in [0.1, 0.15) is 0 Å². The highest BCUT2D eigenvalue weighted by Crippen LogP contribution is 2.40. The molecule has 3 unspecified atom stereocenters. The molecule has 0 radical (unpaired) electrons. The van der Waals surface area contributed by atoms with Crippen LogP contribution in [0, 0.1) is 23.7 Å². The molecule has 2 aliphatic rings. The predicted molar refractivity (Wildman–Crippen MR) is 72.6 cm³/mol. The zero-order valence-corrected chi connectivity index (χ0v) is 11.9. The normalized spacial score (nSPS) is 37.1. The van der Waals surface area contributed by atoms with E-state index in [0.717, 1.165) is 32.1 Å². The van der Waals surface area contributed by atoms with Crippen LogP contribution in [0.4, 0.5) is 0 Å². The molecule has 4 heteroatoms. The summed E-state index contributed by atoms with van der Waals surface area (Å²) in [5, 5.41) is 12.3. The van der Waals surface area contributed by atoms with Crippen molar-refractivity contribution >= 4 is 11.9 Å². The van der Waals surface area contributed by atoms with Gasteiger partial charge in [0.25, 0.3) is 0 Å². The second-order valence-corrected chi connectivity index (χ2v) is 6.20. The second kappa shape index (κ2) is 5.93. The Morgan fingerprint density at radius 3 is 2.42 bits per heavy atom. The van der Waals surface area contributed by atoms with Crippen molar-refractivity contribution in [1.82, 2.24) is 5.32 Å². The lowest BCUT2D eigenvalue weighted by atomic mass is 9.95. The van der Waals surface area contributed by atoms with Gasteiger partial charge >= 0.3 is 5.97 Å². The van der Waals surface area contributed by atoms with Crippen molar-refractivity contribution in [3.8, 4) is 0 Å². The Labute approximate surface area is 115 Å². The van der Waals surface area contributed by atoms with E-state index in [1.165, 1.54) is 0 Å². The standard InChI is InChI=1S/C15H25NO3/c1-3-5-10-8-13(10)16-14(17)11-6-9(4-2)7-12(11)15(18)19/h9-13H,3-8H2,1-2H3,(H,16,17)(H,18,19)/t9?,10?,11-,12+,13?/m0/s1. The van der Waals surface area contributed by atoms with E-state index in [-0.39, 0.29) is 11.8 Å². The molecule has 0 bridgehead atoms. The molecule has 2 aliphatic carbocycles. The molecule has 0 heterocycles. The molecular weight excluding hydrogens is 242 g/mol. The lowest BCUT2D eigenvalue weighted by Gasteiger charge is -2.15. The Balaban J connectivity index is 1.89. The fraction of sp³-hybridized carbons (Fsp3) is 0.867. The Morgan fingerprint density at radius 1 is 1.16 bits per heavy atom. The van der Waals surface area contributed by atoms with Crippen LogP contribution in [0.5, 0.6) is 0 Å². The first-order chi connectivity index (χ1) is 9.06. The molecule has 0 aromatic carbocycles. The van der Waals surface area contributed by atoms with E-state index < -0.39 is 11.9 Å². The highest BCUT2D eigenvalue weighted by Gasteiger charge is 2.45. The van der Waals surface area contributed by atoms with E-state index in [1.807, 2.05) is 0 Å². The van der Waals surface area contributed by atoms with Crippen LogP contribution in [0.3, 0.4) is 0 Å². The van der Waals surface area contributed by atoms with Gasteiger partial charge in [-0.3, -0.25) is 9.59 Å². The number of carbonyl (C=O) groups is 2. The lowest BCUT2D eigenvalue weighted by Crippen LogP contribution is -2.37. The van der Waals surface area contributed by atoms with Gasteiger partial charge in [0, 0.05) is 6.04 Å². The van der Waals surface area contributed by atoms with Crippen LogP contribution in [0.1, 0.15) is 52.4 Å². The number of rotatable bonds is 6. The summed E-state index contributed by atoms with van der Waals surface area (Å²) in [6.45, 7) is 4.22. The van der Waals surface area contributed by atoms with Gasteiger partial charge in [0.05, 0.1) is 11.8 Å². The fourth-order valence-electron chi connectivity index (χ4n) is 3.44. The zero-order chi connectivity index (χ0) is 14.0. The van der Waals surface area contributed by atoms with Gasteiger partial charge in [-0.2, -0.15) is 0 Å². The molecule has 19 heavy (non-hydrogen) atoms. The van der Waals surface area contributed by atoms with Crippen molar-refractivity contribution < 1.29 is 14.7 Å². The first kappa shape index (κ1) is 14.4. The molecule has 108 valence electrons. The summed E-state index contributed by atoms with van der Waals surface area (Å²) < 4.78 is 0. The third kappa shape index (κ3) is 3.28. The maximum absolute atomic E-state index is 12.2. The molecule has 5 atom stereocenters. The second-order valence-electron chi connectivity index (χ2n) is 6.20. The SMILES string of the molecule is CCCC1CC1NC(=O)[C@H]1CC(CC)C[C@H]1C(=O)O. The van der Waals surface area contributed by atoms with Crippen LogP contribution < -0.4 is 5.32 Å². The van der Waals surface area contributed by atoms with Crippen molar-refractivity contribution in [2.45, 2.75) is 58.4 Å². The molecule has 2 rings (SSSR count). The smallest absolute Gasteiger partial charge is 0.307 e. The van der Waals surface area contributed by atoms with Crippen molar-refractivity contribution in [3.63, 3.8) is 0 Å². The van der Waals surface area contributed by atoms with E-state index in [4.69, 9.17) is 0 Å². The van der Waals surface area contributed by atoms with E-state index in [0.29, 0.717) is 24.3 Å². The minimum Gasteiger partial charge on any atom is -0.481 e. The number of nitrogens with one attached hydrogen (secondary N) is 1. The van der Waals surface area contributed by atoms with E-state index in [1.54, 1.807) is 0 Å². The van der Waals surface area contributed by atoms with Crippen molar-refractivity contribution in [2.75, 3.05) is 0 Å². The molecular formula is C15H25NO3. The van der Waals surface area contributed by atoms with Gasteiger partial charge in [-0.05, 0) is 37.5 Å². The van der Waals surface area contributed by atoms with Crippen LogP contribution in [-0.4, -0.2) is 23.0 Å². The summed E-state index contributed by atoms with van der Waals surface area (Å²) in [4.78, 5) is 23.5. The van der Waals surface area contributed by atoms with E-state index >= 15 is 0 Å². The number of carboxylic acids is 1. The minimum atomic E-state index is -0.808. The van der Waals surface area contributed by atoms with Crippen molar-refractivity contribution in [3.05, 3.63) is 0 Å². The van der Waals surface area contributed by atoms with Crippen LogP contribution >= 0.6 is 0 Å². The molecule has 4 nitrogen and oxygen atoms in total. The quantitative estimate of drug-likeness (QED) is 0.776. The summed E-state index contributed by atoms with van der Waals surface area (Å²) in [6.07, 6.45) is 5.75. The summed E-state index contributed by atoms with van der Waals surface area (Å²) >= 11 is 0. The first-order valence-electron chi connectivity index (χ1n) is 7.59. The summed E-state index contributed by atoms with van der Waals surface area (Å²) in [7, 11) is 0. The lowest BCUT2D eigenvalue weighted by molar-refractivity contribution is -0.146. The third-order valence-corrected chi connectivity index (χ3v) is 4.80. The number of amides is 1. The Hall–Kier alpha value is -1.06. The van der Waals surface area contributed by atoms with Crippen LogP contribution in [0.15, 0.2) is 0 Å². The highest BCUT2D eigenvalue weighted by atomic mass is 16.4. The Bertz CT molecular complexity index is 355. The molecule has 0 aromatic rings. The number of carbonyl (C=O) groups excluding carboxylic acids is 1. The fourth-order valence-corrected chi connectivity index (χ4v) is 3.44. The average Bonchev–Trinajstić information content (AvgIpc) is 2.94. The van der Waals surface area contributed by atoms with Gasteiger partial charge in [-0.25, -0.2) is 0 Å². The number of hydrogen-bond donors (Lipinski definition) is 2. The maximum Gasteiger partial charge on any atom is 0.307 e. The molecule has 0 spiro atoms. The largest absolute Gasteiger partial charge is 0.481 e. The summed E-state index contributed by atoms with van der Waals surface area (Å²) in [5.41, 5.74) is 0. The molecule has 0 aliphatic heterocycles. The Morgan fingerprint density at radius 2 is 1.84 bits per heavy atom. The van der Waals surface area contributed by atoms with Gasteiger partial charge < -0.3 is 10.4 Å². The summed E-state index contributed by atoms with van der Waals surface area (Å²) in [5.74, 6) is -0.606. The number of carboxylic acid groups (broad SMARTS) is 1.